The molecule has 222 valence electrons. The van der Waals surface area contributed by atoms with E-state index in [4.69, 9.17) is 39.2 Å². The van der Waals surface area contributed by atoms with Crippen LogP contribution in [-0.4, -0.2) is 71.2 Å². The number of anilines is 1. The van der Waals surface area contributed by atoms with Crippen molar-refractivity contribution in [2.24, 2.45) is 16.6 Å². The number of halogens is 1. The number of aliphatic hydroxyl groups is 1. The van der Waals surface area contributed by atoms with Crippen molar-refractivity contribution in [1.82, 2.24) is 9.55 Å². The molecule has 1 aliphatic rings. The molecular weight excluding hydrogens is 546 g/mol. The van der Waals surface area contributed by atoms with Crippen molar-refractivity contribution < 1.29 is 51.4 Å². The third kappa shape index (κ3) is 8.27. The number of nitrogen functional groups attached to an aromatic ring is 1. The lowest BCUT2D eigenvalue weighted by molar-refractivity contribution is -0.165. The maximum absolute atomic E-state index is 15.1. The summed E-state index contributed by atoms with van der Waals surface area (Å²) in [4.78, 5) is 39.8. The number of hydrogen-bond acceptors (Lipinski definition) is 14. The second-order valence-corrected chi connectivity index (χ2v) is 12.5. The van der Waals surface area contributed by atoms with Crippen molar-refractivity contribution in [2.45, 2.75) is 65.6 Å². The van der Waals surface area contributed by atoms with Gasteiger partial charge in [-0.1, -0.05) is 0 Å². The SMILES string of the molecule is CC(C)(C)C(=O)OCOP(=O)(OCOC(=O)C(C)(C)C)OC[C@@]1(CN)O[C@@H](n2ccc(N)nc2=O)[C@H](F)[C@@H]1O. The summed E-state index contributed by atoms with van der Waals surface area (Å²) in [5.41, 5.74) is 6.39. The molecule has 0 saturated carbocycles. The molecule has 0 unspecified atom stereocenters. The van der Waals surface area contributed by atoms with Gasteiger partial charge in [-0.15, -0.1) is 0 Å². The number of hydrogen-bond donors (Lipinski definition) is 3. The average molecular weight is 583 g/mol. The molecule has 1 aromatic rings. The van der Waals surface area contributed by atoms with Crippen LogP contribution in [0.15, 0.2) is 17.1 Å². The summed E-state index contributed by atoms with van der Waals surface area (Å²) in [5.74, 6) is -1.52. The largest absolute Gasteiger partial charge is 0.480 e. The minimum atomic E-state index is -4.72. The Morgan fingerprint density at radius 3 is 2.08 bits per heavy atom. The van der Waals surface area contributed by atoms with Gasteiger partial charge in [-0.2, -0.15) is 4.98 Å². The van der Waals surface area contributed by atoms with Crippen LogP contribution in [0.3, 0.4) is 0 Å². The summed E-state index contributed by atoms with van der Waals surface area (Å²) in [6.45, 7) is 6.21. The van der Waals surface area contributed by atoms with E-state index in [1.54, 1.807) is 41.5 Å². The van der Waals surface area contributed by atoms with E-state index in [1.807, 2.05) is 0 Å². The Bertz CT molecular complexity index is 1100. The number of aromatic nitrogens is 2. The first-order valence-electron chi connectivity index (χ1n) is 11.8. The van der Waals surface area contributed by atoms with E-state index in [0.717, 1.165) is 10.8 Å². The highest BCUT2D eigenvalue weighted by atomic mass is 31.2. The molecular formula is C22H36FN4O11P. The first-order valence-corrected chi connectivity index (χ1v) is 13.2. The number of alkyl halides is 1. The van der Waals surface area contributed by atoms with Crippen LogP contribution < -0.4 is 17.2 Å². The van der Waals surface area contributed by atoms with E-state index < -0.39 is 87.1 Å². The van der Waals surface area contributed by atoms with Crippen molar-refractivity contribution in [2.75, 3.05) is 32.5 Å². The highest BCUT2D eigenvalue weighted by Gasteiger charge is 2.56. The molecule has 17 heteroatoms. The smallest absolute Gasteiger partial charge is 0.437 e. The minimum Gasteiger partial charge on any atom is -0.437 e. The monoisotopic (exact) mass is 582 g/mol. The van der Waals surface area contributed by atoms with E-state index in [0.29, 0.717) is 0 Å². The van der Waals surface area contributed by atoms with Crippen LogP contribution >= 0.6 is 7.82 Å². The average Bonchev–Trinajstić information content (AvgIpc) is 3.07. The number of phosphoric acid groups is 1. The first kappa shape index (κ1) is 32.8. The van der Waals surface area contributed by atoms with Gasteiger partial charge in [0.05, 0.1) is 17.4 Å². The third-order valence-corrected chi connectivity index (χ3v) is 6.72. The second-order valence-electron chi connectivity index (χ2n) is 10.8. The number of ether oxygens (including phenoxy) is 3. The molecule has 0 radical (unpaired) electrons. The summed E-state index contributed by atoms with van der Waals surface area (Å²) in [5, 5.41) is 10.6. The van der Waals surface area contributed by atoms with Gasteiger partial charge in [-0.3, -0.25) is 18.7 Å². The minimum absolute atomic E-state index is 0.117. The predicted octanol–water partition coefficient (Wildman–Crippen LogP) is 1.00. The van der Waals surface area contributed by atoms with Crippen LogP contribution in [0.1, 0.15) is 47.8 Å². The molecule has 0 aliphatic carbocycles. The quantitative estimate of drug-likeness (QED) is 0.189. The number of carbonyl (C=O) groups excluding carboxylic acids is 2. The molecule has 2 rings (SSSR count). The van der Waals surface area contributed by atoms with Gasteiger partial charge in [0.2, 0.25) is 13.6 Å². The standard InChI is InChI=1S/C22H36FN4O11P/c1-20(2,3)17(29)33-11-36-39(32,37-12-34-18(30)21(4,5)6)35-10-22(9-24)15(28)14(23)16(38-22)27-8-7-13(25)26-19(27)31/h7-8,14-16,28H,9-12,24H2,1-6H3,(H2,25,26,31)/t14-,15+,16-,22-/m1/s1. The van der Waals surface area contributed by atoms with Crippen LogP contribution in [0.25, 0.3) is 0 Å². The second kappa shape index (κ2) is 12.4. The predicted molar refractivity (Wildman–Crippen MR) is 132 cm³/mol. The summed E-state index contributed by atoms with van der Waals surface area (Å²) >= 11 is 0. The fourth-order valence-corrected chi connectivity index (χ4v) is 3.98. The normalized spacial score (nSPS) is 24.0. The topological polar surface area (TPSA) is 214 Å². The molecule has 1 fully saturated rings. The Morgan fingerprint density at radius 2 is 1.64 bits per heavy atom. The molecule has 5 N–H and O–H groups in total. The molecule has 4 atom stereocenters. The van der Waals surface area contributed by atoms with Crippen LogP contribution in [0.2, 0.25) is 0 Å². The van der Waals surface area contributed by atoms with E-state index in [2.05, 4.69) is 4.98 Å². The number of esters is 2. The number of nitrogens with two attached hydrogens (primary N) is 2. The first-order chi connectivity index (χ1) is 17.8. The highest BCUT2D eigenvalue weighted by molar-refractivity contribution is 7.48. The zero-order valence-corrected chi connectivity index (χ0v) is 23.5. The lowest BCUT2D eigenvalue weighted by Crippen LogP contribution is -2.51. The molecule has 15 nitrogen and oxygen atoms in total. The Hall–Kier alpha value is -2.46. The van der Waals surface area contributed by atoms with Gasteiger partial charge in [0, 0.05) is 12.7 Å². The van der Waals surface area contributed by atoms with Gasteiger partial charge in [-0.05, 0) is 47.6 Å². The maximum Gasteiger partial charge on any atom is 0.480 e. The molecule has 39 heavy (non-hydrogen) atoms. The molecule has 0 bridgehead atoms. The van der Waals surface area contributed by atoms with E-state index in [9.17, 15) is 24.1 Å². The van der Waals surface area contributed by atoms with Crippen molar-refractivity contribution in [3.8, 4) is 0 Å². The summed E-state index contributed by atoms with van der Waals surface area (Å²) in [6, 6.07) is 1.22. The molecule has 0 amide bonds. The van der Waals surface area contributed by atoms with Crippen LogP contribution in [0, 0.1) is 10.8 Å². The Morgan fingerprint density at radius 1 is 1.13 bits per heavy atom. The summed E-state index contributed by atoms with van der Waals surface area (Å²) in [6.07, 6.45) is -4.73. The van der Waals surface area contributed by atoms with Crippen molar-refractivity contribution in [3.05, 3.63) is 22.7 Å². The number of carbonyl (C=O) groups is 2. The van der Waals surface area contributed by atoms with Gasteiger partial charge in [0.25, 0.3) is 0 Å². The zero-order valence-electron chi connectivity index (χ0n) is 22.6. The Kier molecular flexibility index (Phi) is 10.4. The van der Waals surface area contributed by atoms with Gasteiger partial charge in [0.1, 0.15) is 17.5 Å². The van der Waals surface area contributed by atoms with Crippen molar-refractivity contribution in [3.63, 3.8) is 0 Å². The number of nitrogens with zero attached hydrogens (tertiary/aromatic N) is 2. The van der Waals surface area contributed by atoms with Crippen LogP contribution in [0.4, 0.5) is 10.2 Å². The summed E-state index contributed by atoms with van der Waals surface area (Å²) in [7, 11) is -4.72. The zero-order chi connectivity index (χ0) is 29.8. The van der Waals surface area contributed by atoms with Crippen molar-refractivity contribution >= 4 is 25.6 Å². The van der Waals surface area contributed by atoms with E-state index in [1.165, 1.54) is 6.07 Å². The Balaban J connectivity index is 2.21. The lowest BCUT2D eigenvalue weighted by atomic mass is 9.97. The molecule has 0 spiro atoms. The molecule has 1 aromatic heterocycles. The van der Waals surface area contributed by atoms with Crippen LogP contribution in [0.5, 0.6) is 0 Å². The molecule has 1 aliphatic heterocycles. The number of phosphoric ester groups is 1. The number of rotatable bonds is 11. The molecule has 2 heterocycles. The molecule has 1 saturated heterocycles. The highest BCUT2D eigenvalue weighted by Crippen LogP contribution is 2.51. The molecule has 0 aromatic carbocycles. The summed E-state index contributed by atoms with van der Waals surface area (Å²) < 4.78 is 60.0. The van der Waals surface area contributed by atoms with Gasteiger partial charge >= 0.3 is 25.5 Å². The third-order valence-electron chi connectivity index (χ3n) is 5.43. The fourth-order valence-electron chi connectivity index (χ4n) is 3.02. The lowest BCUT2D eigenvalue weighted by Gasteiger charge is -2.31. The number of aliphatic hydroxyl groups excluding tert-OH is 1. The fraction of sp³-hybridized carbons (Fsp3) is 0.727. The van der Waals surface area contributed by atoms with Gasteiger partial charge < -0.3 is 30.8 Å². The van der Waals surface area contributed by atoms with E-state index in [-0.39, 0.29) is 5.82 Å². The van der Waals surface area contributed by atoms with Gasteiger partial charge in [0.15, 0.2) is 12.4 Å². The maximum atomic E-state index is 15.1. The van der Waals surface area contributed by atoms with Crippen molar-refractivity contribution in [1.29, 1.82) is 0 Å². The van der Waals surface area contributed by atoms with Gasteiger partial charge in [-0.25, -0.2) is 22.8 Å². The Labute approximate surface area is 224 Å². The van der Waals surface area contributed by atoms with Crippen LogP contribution in [-0.2, 0) is 41.9 Å². The van der Waals surface area contributed by atoms with E-state index >= 15 is 4.39 Å².